The molecule has 0 aromatic carbocycles. The first-order valence-electron chi connectivity index (χ1n) is 9.36. The van der Waals surface area contributed by atoms with E-state index in [1.165, 1.54) is 6.33 Å². The summed E-state index contributed by atoms with van der Waals surface area (Å²) >= 11 is 0. The molecular weight excluding hydrogens is 378 g/mol. The van der Waals surface area contributed by atoms with Crippen molar-refractivity contribution in [2.24, 2.45) is 0 Å². The van der Waals surface area contributed by atoms with Gasteiger partial charge in [0, 0.05) is 41.1 Å². The highest BCUT2D eigenvalue weighted by Gasteiger charge is 2.15. The Labute approximate surface area is 169 Å². The van der Waals surface area contributed by atoms with Gasteiger partial charge >= 0.3 is 0 Å². The van der Waals surface area contributed by atoms with Crippen molar-refractivity contribution in [3.05, 3.63) is 67.4 Å². The van der Waals surface area contributed by atoms with Gasteiger partial charge in [-0.3, -0.25) is 5.10 Å². The van der Waals surface area contributed by atoms with Gasteiger partial charge in [-0.2, -0.15) is 5.10 Å². The molecule has 6 aromatic rings. The highest BCUT2D eigenvalue weighted by molar-refractivity contribution is 5.96. The van der Waals surface area contributed by atoms with Crippen LogP contribution in [0.3, 0.4) is 0 Å². The fourth-order valence-electron chi connectivity index (χ4n) is 3.63. The molecule has 0 radical (unpaired) electrons. The molecule has 6 aromatic heterocycles. The fraction of sp³-hybridized carbons (Fsp3) is 0.0476. The van der Waals surface area contributed by atoms with Crippen molar-refractivity contribution in [3.63, 3.8) is 0 Å². The van der Waals surface area contributed by atoms with Crippen LogP contribution in [0.2, 0.25) is 0 Å². The van der Waals surface area contributed by atoms with E-state index in [4.69, 9.17) is 0 Å². The Bertz CT molecular complexity index is 1510. The molecular formula is C21H15N9. The number of pyridine rings is 2. The Hall–Kier alpha value is -4.40. The van der Waals surface area contributed by atoms with Crippen LogP contribution < -0.4 is 0 Å². The number of imidazole rings is 1. The molecule has 0 aliphatic heterocycles. The highest BCUT2D eigenvalue weighted by atomic mass is 15.2. The van der Waals surface area contributed by atoms with E-state index in [1.807, 2.05) is 35.9 Å². The van der Waals surface area contributed by atoms with E-state index in [-0.39, 0.29) is 0 Å². The monoisotopic (exact) mass is 393 g/mol. The van der Waals surface area contributed by atoms with Crippen molar-refractivity contribution >= 4 is 22.1 Å². The molecule has 0 saturated carbocycles. The Balaban J connectivity index is 1.52. The number of fused-ring (bicyclic) bond motifs is 2. The van der Waals surface area contributed by atoms with E-state index in [0.29, 0.717) is 5.65 Å². The molecule has 6 rings (SSSR count). The lowest BCUT2D eigenvalue weighted by Crippen LogP contribution is -1.91. The van der Waals surface area contributed by atoms with Crippen LogP contribution >= 0.6 is 0 Å². The van der Waals surface area contributed by atoms with E-state index >= 15 is 0 Å². The van der Waals surface area contributed by atoms with Crippen LogP contribution in [-0.2, 0) is 0 Å². The van der Waals surface area contributed by atoms with Crippen LogP contribution in [0.4, 0.5) is 0 Å². The smallest absolute Gasteiger partial charge is 0.181 e. The summed E-state index contributed by atoms with van der Waals surface area (Å²) in [5.41, 5.74) is 6.82. The third kappa shape index (κ3) is 2.56. The number of hydrogen-bond donors (Lipinski definition) is 2. The zero-order valence-electron chi connectivity index (χ0n) is 15.9. The zero-order valence-corrected chi connectivity index (χ0v) is 15.9. The van der Waals surface area contributed by atoms with Gasteiger partial charge in [0.15, 0.2) is 5.65 Å². The van der Waals surface area contributed by atoms with E-state index in [2.05, 4.69) is 46.2 Å². The standard InChI is InChI=1S/C21H15N9/c1-12-9-30(11-26-12)18-3-5-23-20-14(18)7-17(27-20)19-15-6-13(8-24-21(15)29-28-19)16-2-4-22-10-25-16/h2-11H,1H3,(H,23,27)(H,24,28,29). The van der Waals surface area contributed by atoms with Crippen LogP contribution in [0.15, 0.2) is 61.7 Å². The number of nitrogens with zero attached hydrogens (tertiary/aromatic N) is 7. The number of rotatable bonds is 3. The van der Waals surface area contributed by atoms with E-state index in [1.54, 1.807) is 24.9 Å². The van der Waals surface area contributed by atoms with Gasteiger partial charge in [0.1, 0.15) is 12.0 Å². The van der Waals surface area contributed by atoms with Gasteiger partial charge in [0.05, 0.1) is 34.8 Å². The predicted molar refractivity (Wildman–Crippen MR) is 112 cm³/mol. The predicted octanol–water partition coefficient (Wildman–Crippen LogP) is 3.45. The molecule has 9 nitrogen and oxygen atoms in total. The minimum Gasteiger partial charge on any atom is -0.338 e. The van der Waals surface area contributed by atoms with Gasteiger partial charge in [0.25, 0.3) is 0 Å². The van der Waals surface area contributed by atoms with Crippen LogP contribution in [0.25, 0.3) is 50.4 Å². The Morgan fingerprint density at radius 1 is 0.967 bits per heavy atom. The second-order valence-electron chi connectivity index (χ2n) is 6.99. The summed E-state index contributed by atoms with van der Waals surface area (Å²) in [4.78, 5) is 25.0. The summed E-state index contributed by atoms with van der Waals surface area (Å²) < 4.78 is 2.00. The third-order valence-corrected chi connectivity index (χ3v) is 5.06. The summed E-state index contributed by atoms with van der Waals surface area (Å²) in [5.74, 6) is 0. The van der Waals surface area contributed by atoms with E-state index < -0.39 is 0 Å². The molecule has 144 valence electrons. The first-order chi connectivity index (χ1) is 14.8. The lowest BCUT2D eigenvalue weighted by atomic mass is 10.1. The average molecular weight is 393 g/mol. The Morgan fingerprint density at radius 3 is 2.77 bits per heavy atom. The van der Waals surface area contributed by atoms with Gasteiger partial charge in [-0.15, -0.1) is 0 Å². The summed E-state index contributed by atoms with van der Waals surface area (Å²) in [6.45, 7) is 1.97. The second kappa shape index (κ2) is 6.31. The molecule has 2 N–H and O–H groups in total. The minimum absolute atomic E-state index is 0.639. The summed E-state index contributed by atoms with van der Waals surface area (Å²) in [6, 6.07) is 7.93. The van der Waals surface area contributed by atoms with Gasteiger partial charge in [-0.05, 0) is 31.2 Å². The van der Waals surface area contributed by atoms with E-state index in [0.717, 1.165) is 50.4 Å². The number of aromatic nitrogens is 9. The van der Waals surface area contributed by atoms with Crippen LogP contribution in [-0.4, -0.2) is 44.7 Å². The topological polar surface area (TPSA) is 114 Å². The van der Waals surface area contributed by atoms with Gasteiger partial charge in [0.2, 0.25) is 0 Å². The van der Waals surface area contributed by atoms with Crippen molar-refractivity contribution in [3.8, 4) is 28.3 Å². The van der Waals surface area contributed by atoms with Crippen molar-refractivity contribution in [1.82, 2.24) is 44.7 Å². The average Bonchev–Trinajstić information content (AvgIpc) is 3.51. The fourth-order valence-corrected chi connectivity index (χ4v) is 3.63. The van der Waals surface area contributed by atoms with Gasteiger partial charge in [-0.25, -0.2) is 24.9 Å². The number of aromatic amines is 2. The SMILES string of the molecule is Cc1cn(-c2ccnc3[nH]c(-c4[nH]nc5ncc(-c6ccncn6)cc45)cc23)cn1. The first-order valence-corrected chi connectivity index (χ1v) is 9.36. The number of aryl methyl sites for hydroxylation is 1. The molecule has 0 atom stereocenters. The molecule has 0 aliphatic carbocycles. The molecule has 0 spiro atoms. The molecule has 0 bridgehead atoms. The Morgan fingerprint density at radius 2 is 1.93 bits per heavy atom. The largest absolute Gasteiger partial charge is 0.338 e. The summed E-state index contributed by atoms with van der Waals surface area (Å²) in [5, 5.41) is 9.36. The van der Waals surface area contributed by atoms with Crippen LogP contribution in [0, 0.1) is 6.92 Å². The third-order valence-electron chi connectivity index (χ3n) is 5.06. The lowest BCUT2D eigenvalue weighted by molar-refractivity contribution is 1.06. The number of nitrogens with one attached hydrogen (secondary N) is 2. The van der Waals surface area contributed by atoms with Crippen LogP contribution in [0.1, 0.15) is 5.69 Å². The van der Waals surface area contributed by atoms with Gasteiger partial charge < -0.3 is 9.55 Å². The highest BCUT2D eigenvalue weighted by Crippen LogP contribution is 2.31. The molecule has 0 amide bonds. The van der Waals surface area contributed by atoms with Gasteiger partial charge in [-0.1, -0.05) is 0 Å². The molecule has 0 saturated heterocycles. The lowest BCUT2D eigenvalue weighted by Gasteiger charge is -2.02. The zero-order chi connectivity index (χ0) is 20.1. The molecule has 30 heavy (non-hydrogen) atoms. The van der Waals surface area contributed by atoms with Crippen molar-refractivity contribution in [1.29, 1.82) is 0 Å². The van der Waals surface area contributed by atoms with Crippen molar-refractivity contribution in [2.75, 3.05) is 0 Å². The Kier molecular flexibility index (Phi) is 3.48. The molecule has 6 heterocycles. The normalized spacial score (nSPS) is 11.5. The molecule has 9 heteroatoms. The molecule has 0 aliphatic rings. The quantitative estimate of drug-likeness (QED) is 0.476. The maximum Gasteiger partial charge on any atom is 0.181 e. The summed E-state index contributed by atoms with van der Waals surface area (Å²) in [7, 11) is 0. The number of hydrogen-bond acceptors (Lipinski definition) is 6. The first kappa shape index (κ1) is 16.5. The minimum atomic E-state index is 0.639. The molecule has 0 fully saturated rings. The van der Waals surface area contributed by atoms with Crippen molar-refractivity contribution in [2.45, 2.75) is 6.92 Å². The summed E-state index contributed by atoms with van der Waals surface area (Å²) in [6.07, 6.45) is 10.6. The van der Waals surface area contributed by atoms with Crippen LogP contribution in [0.5, 0.6) is 0 Å². The maximum absolute atomic E-state index is 4.49. The van der Waals surface area contributed by atoms with E-state index in [9.17, 15) is 0 Å². The maximum atomic E-state index is 4.49. The number of H-pyrrole nitrogens is 2. The molecule has 0 unspecified atom stereocenters. The second-order valence-corrected chi connectivity index (χ2v) is 6.99. The van der Waals surface area contributed by atoms with Crippen molar-refractivity contribution < 1.29 is 0 Å².